The van der Waals surface area contributed by atoms with E-state index in [-0.39, 0.29) is 0 Å². The molecular weight excluding hydrogens is 418 g/mol. The van der Waals surface area contributed by atoms with E-state index in [9.17, 15) is 0 Å². The normalized spacial score (nSPS) is 12.0. The third-order valence-electron chi connectivity index (χ3n) is 5.03. The largest absolute Gasteiger partial charge is 0.271 e. The standard InChI is InChI=1S/C26H27N3S2/c1-2-11-24(30-18-23-16-9-10-17-27-23)19-31-29-20-28-25(21-12-5-3-6-13-21)26(29)22-14-7-4-8-15-22/h3-10,12-17,20,24H,2,11,18-19H2,1H3. The summed E-state index contributed by atoms with van der Waals surface area (Å²) in [4.78, 5) is 9.28. The van der Waals surface area contributed by atoms with Gasteiger partial charge in [-0.3, -0.25) is 8.96 Å². The molecule has 2 aromatic carbocycles. The van der Waals surface area contributed by atoms with E-state index in [1.54, 1.807) is 0 Å². The number of aromatic nitrogens is 3. The molecule has 158 valence electrons. The smallest absolute Gasteiger partial charge is 0.106 e. The Kier molecular flexibility index (Phi) is 7.86. The lowest BCUT2D eigenvalue weighted by Crippen LogP contribution is -2.08. The molecule has 0 saturated heterocycles. The van der Waals surface area contributed by atoms with Crippen LogP contribution in [-0.2, 0) is 5.75 Å². The van der Waals surface area contributed by atoms with Gasteiger partial charge in [0.05, 0.1) is 17.1 Å². The number of rotatable bonds is 10. The van der Waals surface area contributed by atoms with Crippen LogP contribution in [0.4, 0.5) is 0 Å². The second-order valence-corrected chi connectivity index (χ2v) is 9.61. The highest BCUT2D eigenvalue weighted by molar-refractivity contribution is 8.02. The van der Waals surface area contributed by atoms with Gasteiger partial charge in [0.2, 0.25) is 0 Å². The van der Waals surface area contributed by atoms with E-state index in [4.69, 9.17) is 4.98 Å². The Hall–Kier alpha value is -2.50. The van der Waals surface area contributed by atoms with Crippen LogP contribution in [0.1, 0.15) is 25.5 Å². The first kappa shape index (κ1) is 21.7. The van der Waals surface area contributed by atoms with Crippen molar-refractivity contribution < 1.29 is 0 Å². The number of pyridine rings is 1. The number of nitrogens with zero attached hydrogens (tertiary/aromatic N) is 3. The minimum atomic E-state index is 0.572. The highest BCUT2D eigenvalue weighted by Crippen LogP contribution is 2.35. The lowest BCUT2D eigenvalue weighted by Gasteiger charge is -2.17. The molecule has 0 radical (unpaired) electrons. The van der Waals surface area contributed by atoms with Gasteiger partial charge in [-0.1, -0.05) is 80.1 Å². The van der Waals surface area contributed by atoms with E-state index in [1.807, 2.05) is 48.4 Å². The van der Waals surface area contributed by atoms with Gasteiger partial charge in [-0.25, -0.2) is 4.98 Å². The topological polar surface area (TPSA) is 30.7 Å². The Labute approximate surface area is 193 Å². The molecule has 0 fully saturated rings. The van der Waals surface area contributed by atoms with E-state index in [0.29, 0.717) is 5.25 Å². The van der Waals surface area contributed by atoms with Gasteiger partial charge in [0, 0.05) is 34.1 Å². The summed E-state index contributed by atoms with van der Waals surface area (Å²) in [5.74, 6) is 1.99. The van der Waals surface area contributed by atoms with Crippen LogP contribution in [0.5, 0.6) is 0 Å². The molecule has 2 aromatic heterocycles. The molecule has 0 aliphatic heterocycles. The van der Waals surface area contributed by atoms with Gasteiger partial charge in [0.25, 0.3) is 0 Å². The predicted octanol–water partition coefficient (Wildman–Crippen LogP) is 7.21. The minimum Gasteiger partial charge on any atom is -0.271 e. The van der Waals surface area contributed by atoms with Crippen LogP contribution < -0.4 is 0 Å². The van der Waals surface area contributed by atoms with Gasteiger partial charge in [0.15, 0.2) is 0 Å². The highest BCUT2D eigenvalue weighted by atomic mass is 32.2. The van der Waals surface area contributed by atoms with E-state index < -0.39 is 0 Å². The minimum absolute atomic E-state index is 0.572. The van der Waals surface area contributed by atoms with E-state index in [1.165, 1.54) is 24.1 Å². The average molecular weight is 446 g/mol. The molecular formula is C26H27N3S2. The van der Waals surface area contributed by atoms with E-state index in [0.717, 1.165) is 28.5 Å². The lowest BCUT2D eigenvalue weighted by atomic mass is 10.1. The number of benzene rings is 2. The van der Waals surface area contributed by atoms with Crippen molar-refractivity contribution in [1.82, 2.24) is 13.9 Å². The van der Waals surface area contributed by atoms with Crippen LogP contribution in [-0.4, -0.2) is 24.9 Å². The quantitative estimate of drug-likeness (QED) is 0.258. The van der Waals surface area contributed by atoms with E-state index >= 15 is 0 Å². The maximum atomic E-state index is 4.81. The molecule has 2 heterocycles. The molecule has 4 aromatic rings. The molecule has 0 saturated carbocycles. The van der Waals surface area contributed by atoms with Gasteiger partial charge in [-0.2, -0.15) is 11.8 Å². The van der Waals surface area contributed by atoms with Crippen molar-refractivity contribution in [3.8, 4) is 22.5 Å². The first-order valence-corrected chi connectivity index (χ1v) is 12.7. The SMILES string of the molecule is CCCC(CSn1cnc(-c2ccccc2)c1-c1ccccc1)SCc1ccccn1. The lowest BCUT2D eigenvalue weighted by molar-refractivity contribution is 0.792. The predicted molar refractivity (Wildman–Crippen MR) is 135 cm³/mol. The Balaban J connectivity index is 1.53. The Morgan fingerprint density at radius 1 is 0.839 bits per heavy atom. The fourth-order valence-electron chi connectivity index (χ4n) is 3.49. The summed E-state index contributed by atoms with van der Waals surface area (Å²) in [6.45, 7) is 2.26. The molecule has 0 bridgehead atoms. The molecule has 0 N–H and O–H groups in total. The number of hydrogen-bond donors (Lipinski definition) is 0. The fourth-order valence-corrected chi connectivity index (χ4v) is 5.96. The van der Waals surface area contributed by atoms with Crippen molar-refractivity contribution >= 4 is 23.7 Å². The molecule has 1 atom stereocenters. The first-order chi connectivity index (χ1) is 15.3. The van der Waals surface area contributed by atoms with Crippen molar-refractivity contribution in [1.29, 1.82) is 0 Å². The molecule has 3 nitrogen and oxygen atoms in total. The van der Waals surface area contributed by atoms with Crippen molar-refractivity contribution in [3.63, 3.8) is 0 Å². The summed E-state index contributed by atoms with van der Waals surface area (Å²) in [6.07, 6.45) is 6.24. The molecule has 4 rings (SSSR count). The first-order valence-electron chi connectivity index (χ1n) is 10.7. The second kappa shape index (κ2) is 11.2. The molecule has 0 spiro atoms. The van der Waals surface area contributed by atoms with Crippen molar-refractivity contribution in [2.45, 2.75) is 30.8 Å². The summed E-state index contributed by atoms with van der Waals surface area (Å²) in [6, 6.07) is 27.2. The van der Waals surface area contributed by atoms with Crippen LogP contribution in [0.15, 0.2) is 91.4 Å². The molecule has 0 aliphatic rings. The van der Waals surface area contributed by atoms with Crippen LogP contribution in [0.2, 0.25) is 0 Å². The zero-order chi connectivity index (χ0) is 21.3. The van der Waals surface area contributed by atoms with Crippen LogP contribution in [0, 0.1) is 0 Å². The fraction of sp³-hybridized carbons (Fsp3) is 0.231. The molecule has 1 unspecified atom stereocenters. The second-order valence-electron chi connectivity index (χ2n) is 7.34. The van der Waals surface area contributed by atoms with Crippen molar-refractivity contribution in [2.75, 3.05) is 5.75 Å². The van der Waals surface area contributed by atoms with Gasteiger partial charge >= 0.3 is 0 Å². The zero-order valence-corrected chi connectivity index (χ0v) is 19.4. The van der Waals surface area contributed by atoms with Crippen LogP contribution in [0.3, 0.4) is 0 Å². The molecule has 5 heteroatoms. The molecule has 31 heavy (non-hydrogen) atoms. The Morgan fingerprint density at radius 2 is 1.55 bits per heavy atom. The van der Waals surface area contributed by atoms with Crippen LogP contribution >= 0.6 is 23.7 Å². The maximum Gasteiger partial charge on any atom is 0.106 e. The highest BCUT2D eigenvalue weighted by Gasteiger charge is 2.17. The summed E-state index contributed by atoms with van der Waals surface area (Å²) >= 11 is 3.86. The monoisotopic (exact) mass is 445 g/mol. The summed E-state index contributed by atoms with van der Waals surface area (Å²) in [5, 5.41) is 0.572. The summed E-state index contributed by atoms with van der Waals surface area (Å²) in [7, 11) is 0. The third kappa shape index (κ3) is 5.81. The van der Waals surface area contributed by atoms with Gasteiger partial charge in [-0.15, -0.1) is 0 Å². The van der Waals surface area contributed by atoms with Gasteiger partial charge in [0.1, 0.15) is 6.33 Å². The number of thioether (sulfide) groups is 1. The Morgan fingerprint density at radius 3 is 2.23 bits per heavy atom. The molecule has 0 amide bonds. The van der Waals surface area contributed by atoms with Gasteiger partial charge in [-0.05, 0) is 30.5 Å². The zero-order valence-electron chi connectivity index (χ0n) is 17.7. The average Bonchev–Trinajstić information content (AvgIpc) is 3.26. The number of imidazole rings is 1. The number of hydrogen-bond acceptors (Lipinski definition) is 4. The van der Waals surface area contributed by atoms with Crippen molar-refractivity contribution in [3.05, 3.63) is 97.1 Å². The van der Waals surface area contributed by atoms with Crippen LogP contribution in [0.25, 0.3) is 22.5 Å². The van der Waals surface area contributed by atoms with E-state index in [2.05, 4.69) is 82.6 Å². The third-order valence-corrected chi connectivity index (χ3v) is 7.69. The van der Waals surface area contributed by atoms with Gasteiger partial charge < -0.3 is 0 Å². The maximum absolute atomic E-state index is 4.81. The Bertz CT molecular complexity index is 1050. The molecule has 0 aliphatic carbocycles. The summed E-state index contributed by atoms with van der Waals surface area (Å²) in [5.41, 5.74) is 5.70. The van der Waals surface area contributed by atoms with Crippen molar-refractivity contribution in [2.24, 2.45) is 0 Å². The summed E-state index contributed by atoms with van der Waals surface area (Å²) < 4.78 is 2.25.